The van der Waals surface area contributed by atoms with Crippen LogP contribution in [0.1, 0.15) is 5.56 Å². The molecule has 0 fully saturated rings. The fraction of sp³-hybridized carbons (Fsp3) is 0.125. The van der Waals surface area contributed by atoms with Crippen LogP contribution in [0, 0.1) is 0 Å². The van der Waals surface area contributed by atoms with Crippen molar-refractivity contribution in [3.63, 3.8) is 0 Å². The molecule has 0 saturated heterocycles. The summed E-state index contributed by atoms with van der Waals surface area (Å²) in [5.74, 6) is 0.339. The molecule has 4 nitrogen and oxygen atoms in total. The Balaban J connectivity index is 3.29. The van der Waals surface area contributed by atoms with E-state index in [4.69, 9.17) is 38.9 Å². The summed E-state index contributed by atoms with van der Waals surface area (Å²) in [6, 6.07) is 2.97. The van der Waals surface area contributed by atoms with Gasteiger partial charge in [0.25, 0.3) is 0 Å². The molecule has 0 aliphatic carbocycles. The number of amidine groups is 1. The first-order valence-electron chi connectivity index (χ1n) is 3.61. The van der Waals surface area contributed by atoms with Crippen LogP contribution in [0.4, 0.5) is 0 Å². The largest absolute Gasteiger partial charge is 0.495 e. The average Bonchev–Trinajstić information content (AvgIpc) is 2.19. The summed E-state index contributed by atoms with van der Waals surface area (Å²) in [5, 5.41) is 11.9. The van der Waals surface area contributed by atoms with Crippen LogP contribution in [0.2, 0.25) is 10.0 Å². The zero-order chi connectivity index (χ0) is 10.7. The number of nitrogens with zero attached hydrogens (tertiary/aromatic N) is 1. The second-order valence-corrected chi connectivity index (χ2v) is 3.27. The van der Waals surface area contributed by atoms with Crippen molar-refractivity contribution in [2.45, 2.75) is 0 Å². The number of hydrogen-bond donors (Lipinski definition) is 2. The molecular weight excluding hydrogens is 227 g/mol. The molecule has 0 radical (unpaired) electrons. The van der Waals surface area contributed by atoms with Crippen molar-refractivity contribution in [2.75, 3.05) is 7.11 Å². The molecule has 3 N–H and O–H groups in total. The molecule has 14 heavy (non-hydrogen) atoms. The predicted molar refractivity (Wildman–Crippen MR) is 55.5 cm³/mol. The summed E-state index contributed by atoms with van der Waals surface area (Å²) in [6.07, 6.45) is 0. The lowest BCUT2D eigenvalue weighted by molar-refractivity contribution is 0.318. The Hall–Kier alpha value is -1.13. The first-order valence-corrected chi connectivity index (χ1v) is 4.36. The predicted octanol–water partition coefficient (Wildman–Crippen LogP) is 2.10. The number of halogens is 2. The molecule has 0 spiro atoms. The second-order valence-electron chi connectivity index (χ2n) is 2.45. The Morgan fingerprint density at radius 3 is 2.57 bits per heavy atom. The molecule has 6 heteroatoms. The Morgan fingerprint density at radius 1 is 1.43 bits per heavy atom. The van der Waals surface area contributed by atoms with E-state index < -0.39 is 0 Å². The smallest absolute Gasteiger partial charge is 0.171 e. The number of methoxy groups -OCH3 is 1. The molecule has 1 aromatic rings. The van der Waals surface area contributed by atoms with Crippen molar-refractivity contribution < 1.29 is 9.94 Å². The second kappa shape index (κ2) is 4.39. The van der Waals surface area contributed by atoms with Gasteiger partial charge in [-0.3, -0.25) is 0 Å². The minimum Gasteiger partial charge on any atom is -0.495 e. The summed E-state index contributed by atoms with van der Waals surface area (Å²) in [4.78, 5) is 0. The van der Waals surface area contributed by atoms with Crippen LogP contribution in [0.15, 0.2) is 17.3 Å². The molecule has 0 atom stereocenters. The first kappa shape index (κ1) is 10.9. The van der Waals surface area contributed by atoms with Gasteiger partial charge in [0.1, 0.15) is 5.75 Å². The van der Waals surface area contributed by atoms with Gasteiger partial charge in [0.15, 0.2) is 5.84 Å². The van der Waals surface area contributed by atoms with Gasteiger partial charge < -0.3 is 15.7 Å². The Kier molecular flexibility index (Phi) is 3.43. The summed E-state index contributed by atoms with van der Waals surface area (Å²) >= 11 is 11.7. The number of oxime groups is 1. The molecule has 0 amide bonds. The highest BCUT2D eigenvalue weighted by atomic mass is 35.5. The van der Waals surface area contributed by atoms with Crippen molar-refractivity contribution in [3.05, 3.63) is 27.7 Å². The van der Waals surface area contributed by atoms with Crippen molar-refractivity contribution in [3.8, 4) is 5.75 Å². The van der Waals surface area contributed by atoms with Crippen molar-refractivity contribution in [1.82, 2.24) is 0 Å². The number of nitrogens with two attached hydrogens (primary N) is 1. The van der Waals surface area contributed by atoms with Gasteiger partial charge in [-0.25, -0.2) is 0 Å². The number of ether oxygens (including phenoxy) is 1. The lowest BCUT2D eigenvalue weighted by Gasteiger charge is -2.07. The maximum Gasteiger partial charge on any atom is 0.171 e. The van der Waals surface area contributed by atoms with E-state index in [1.807, 2.05) is 0 Å². The van der Waals surface area contributed by atoms with E-state index in [-0.39, 0.29) is 5.84 Å². The van der Waals surface area contributed by atoms with E-state index in [1.54, 1.807) is 0 Å². The van der Waals surface area contributed by atoms with Gasteiger partial charge in [0, 0.05) is 11.6 Å². The fourth-order valence-corrected chi connectivity index (χ4v) is 1.43. The quantitative estimate of drug-likeness (QED) is 0.357. The van der Waals surface area contributed by atoms with E-state index >= 15 is 0 Å². The molecule has 0 saturated carbocycles. The minimum absolute atomic E-state index is 0.0976. The normalized spacial score (nSPS) is 11.5. The summed E-state index contributed by atoms with van der Waals surface area (Å²) in [5.41, 5.74) is 5.73. The third-order valence-electron chi connectivity index (χ3n) is 1.63. The molecule has 0 unspecified atom stereocenters. The highest BCUT2D eigenvalue weighted by Gasteiger charge is 2.10. The standard InChI is InChI=1S/C8H8Cl2N2O2/c1-14-7-3-5(9)4(2-6(7)10)8(11)12-13/h2-3,13H,1H3,(H2,11,12). The maximum atomic E-state index is 8.46. The molecule has 1 aromatic carbocycles. The van der Waals surface area contributed by atoms with Crippen LogP contribution in [-0.2, 0) is 0 Å². The third kappa shape index (κ3) is 2.02. The van der Waals surface area contributed by atoms with E-state index in [0.29, 0.717) is 21.4 Å². The summed E-state index contributed by atoms with van der Waals surface area (Å²) in [6.45, 7) is 0. The van der Waals surface area contributed by atoms with Crippen LogP contribution < -0.4 is 10.5 Å². The van der Waals surface area contributed by atoms with Gasteiger partial charge in [-0.2, -0.15) is 0 Å². The first-order chi connectivity index (χ1) is 6.60. The maximum absolute atomic E-state index is 8.46. The van der Waals surface area contributed by atoms with Crippen LogP contribution >= 0.6 is 23.2 Å². The lowest BCUT2D eigenvalue weighted by Crippen LogP contribution is -2.13. The SMILES string of the molecule is COc1cc(Cl)c(C(N)=NO)cc1Cl. The van der Waals surface area contributed by atoms with Crippen LogP contribution in [-0.4, -0.2) is 18.2 Å². The van der Waals surface area contributed by atoms with E-state index in [9.17, 15) is 0 Å². The molecule has 1 rings (SSSR count). The van der Waals surface area contributed by atoms with E-state index in [0.717, 1.165) is 0 Å². The fourth-order valence-electron chi connectivity index (χ4n) is 0.935. The third-order valence-corrected chi connectivity index (χ3v) is 2.23. The van der Waals surface area contributed by atoms with Gasteiger partial charge in [-0.15, -0.1) is 0 Å². The Labute approximate surface area is 90.9 Å². The topological polar surface area (TPSA) is 67.8 Å². The zero-order valence-electron chi connectivity index (χ0n) is 7.29. The Morgan fingerprint density at radius 2 is 2.07 bits per heavy atom. The van der Waals surface area contributed by atoms with Crippen LogP contribution in [0.3, 0.4) is 0 Å². The average molecular weight is 235 g/mol. The summed E-state index contributed by atoms with van der Waals surface area (Å²) < 4.78 is 4.93. The lowest BCUT2D eigenvalue weighted by atomic mass is 10.2. The molecular formula is C8H8Cl2N2O2. The van der Waals surface area contributed by atoms with Gasteiger partial charge >= 0.3 is 0 Å². The number of benzene rings is 1. The van der Waals surface area contributed by atoms with Crippen LogP contribution in [0.25, 0.3) is 0 Å². The monoisotopic (exact) mass is 234 g/mol. The number of hydrogen-bond acceptors (Lipinski definition) is 3. The van der Waals surface area contributed by atoms with Crippen molar-refractivity contribution in [1.29, 1.82) is 0 Å². The highest BCUT2D eigenvalue weighted by molar-refractivity contribution is 6.36. The molecule has 0 aromatic heterocycles. The van der Waals surface area contributed by atoms with E-state index in [1.165, 1.54) is 19.2 Å². The number of rotatable bonds is 2. The van der Waals surface area contributed by atoms with Gasteiger partial charge in [0.05, 0.1) is 17.2 Å². The molecule has 0 aliphatic rings. The van der Waals surface area contributed by atoms with Crippen LogP contribution in [0.5, 0.6) is 5.75 Å². The van der Waals surface area contributed by atoms with Crippen molar-refractivity contribution in [2.24, 2.45) is 10.9 Å². The minimum atomic E-state index is -0.0976. The molecule has 0 aliphatic heterocycles. The van der Waals surface area contributed by atoms with Gasteiger partial charge in [0.2, 0.25) is 0 Å². The summed E-state index contributed by atoms with van der Waals surface area (Å²) in [7, 11) is 1.47. The van der Waals surface area contributed by atoms with Gasteiger partial charge in [-0.05, 0) is 6.07 Å². The Bertz CT molecular complexity index is 380. The molecule has 76 valence electrons. The zero-order valence-corrected chi connectivity index (χ0v) is 8.80. The molecule has 0 bridgehead atoms. The van der Waals surface area contributed by atoms with Crippen molar-refractivity contribution >= 4 is 29.0 Å². The highest BCUT2D eigenvalue weighted by Crippen LogP contribution is 2.30. The molecule has 0 heterocycles. The van der Waals surface area contributed by atoms with Gasteiger partial charge in [-0.1, -0.05) is 28.4 Å². The van der Waals surface area contributed by atoms with E-state index in [2.05, 4.69) is 5.16 Å².